The molecule has 168 valence electrons. The topological polar surface area (TPSA) is 9.23 Å². The molecule has 0 saturated heterocycles. The van der Waals surface area contributed by atoms with E-state index in [2.05, 4.69) is 28.4 Å². The van der Waals surface area contributed by atoms with Crippen molar-refractivity contribution in [2.45, 2.75) is 26.4 Å². The van der Waals surface area contributed by atoms with Gasteiger partial charge in [-0.3, -0.25) is 0 Å². The van der Waals surface area contributed by atoms with Crippen molar-refractivity contribution in [1.29, 1.82) is 0 Å². The Bertz CT molecular complexity index is 1270. The minimum Gasteiger partial charge on any atom is -0.432 e. The molecule has 0 radical (unpaired) electrons. The molecule has 0 spiro atoms. The van der Waals surface area contributed by atoms with Gasteiger partial charge in [0, 0.05) is 11.1 Å². The zero-order valence-electron chi connectivity index (χ0n) is 17.3. The molecule has 1 nitrogen and oxygen atoms in total. The Kier molecular flexibility index (Phi) is 7.69. The van der Waals surface area contributed by atoms with E-state index < -0.39 is 41.2 Å². The first-order valence-corrected chi connectivity index (χ1v) is 9.82. The van der Waals surface area contributed by atoms with Crippen molar-refractivity contribution in [3.05, 3.63) is 99.6 Å². The van der Waals surface area contributed by atoms with Crippen molar-refractivity contribution < 1.29 is 31.1 Å². The van der Waals surface area contributed by atoms with E-state index in [1.807, 2.05) is 6.92 Å². The summed E-state index contributed by atoms with van der Waals surface area (Å²) in [6.45, 7) is -1.27. The normalized spacial score (nSPS) is 10.3. The SMILES string of the molecule is CCCc1cc(F)c(C#Cc2ccc(C#Cc3ccc(OC(F)F)c(F)c3)c(F)c2)c(F)c1. The number of hydrogen-bond acceptors (Lipinski definition) is 1. The fourth-order valence-electron chi connectivity index (χ4n) is 2.92. The number of alkyl halides is 2. The van der Waals surface area contributed by atoms with E-state index in [4.69, 9.17) is 0 Å². The lowest BCUT2D eigenvalue weighted by atomic mass is 10.1. The predicted octanol–water partition coefficient (Wildman–Crippen LogP) is 6.60. The minimum absolute atomic E-state index is 0.0323. The summed E-state index contributed by atoms with van der Waals surface area (Å²) in [5.74, 6) is 5.96. The van der Waals surface area contributed by atoms with E-state index in [9.17, 15) is 26.3 Å². The highest BCUT2D eigenvalue weighted by Crippen LogP contribution is 2.20. The summed E-state index contributed by atoms with van der Waals surface area (Å²) in [6, 6.07) is 9.37. The minimum atomic E-state index is -3.17. The van der Waals surface area contributed by atoms with Crippen LogP contribution in [-0.4, -0.2) is 6.61 Å². The van der Waals surface area contributed by atoms with E-state index in [-0.39, 0.29) is 16.7 Å². The first-order valence-electron chi connectivity index (χ1n) is 9.82. The summed E-state index contributed by atoms with van der Waals surface area (Å²) >= 11 is 0. The quantitative estimate of drug-likeness (QED) is 0.316. The lowest BCUT2D eigenvalue weighted by Crippen LogP contribution is -2.03. The zero-order chi connectivity index (χ0) is 24.0. The molecule has 0 atom stereocenters. The standard InChI is InChI=1S/C26H16F6O/c1-2-3-18-14-22(28)20(23(29)15-18)10-6-16-4-8-19(21(27)12-16)9-5-17-7-11-25(24(30)13-17)33-26(31)32/h4,7-8,11-15,26H,2-3H2,1H3. The molecule has 0 N–H and O–H groups in total. The molecule has 33 heavy (non-hydrogen) atoms. The van der Waals surface area contributed by atoms with Gasteiger partial charge in [-0.05, 0) is 60.5 Å². The molecule has 0 aliphatic carbocycles. The monoisotopic (exact) mass is 458 g/mol. The van der Waals surface area contributed by atoms with Crippen LogP contribution in [0.3, 0.4) is 0 Å². The highest BCUT2D eigenvalue weighted by atomic mass is 19.3. The number of benzene rings is 3. The summed E-state index contributed by atoms with van der Waals surface area (Å²) in [6.07, 6.45) is 1.28. The molecule has 0 aromatic heterocycles. The molecule has 0 bridgehead atoms. The molecule has 0 fully saturated rings. The maximum absolute atomic E-state index is 14.4. The fourth-order valence-corrected chi connectivity index (χ4v) is 2.92. The fraction of sp³-hybridized carbons (Fsp3) is 0.154. The summed E-state index contributed by atoms with van der Waals surface area (Å²) in [7, 11) is 0. The molecule has 3 aromatic rings. The van der Waals surface area contributed by atoms with Crippen LogP contribution in [0.5, 0.6) is 5.75 Å². The van der Waals surface area contributed by atoms with E-state index in [1.54, 1.807) is 0 Å². The maximum atomic E-state index is 14.4. The molecule has 7 heteroatoms. The largest absolute Gasteiger partial charge is 0.432 e. The van der Waals surface area contributed by atoms with Crippen molar-refractivity contribution in [2.75, 3.05) is 0 Å². The van der Waals surface area contributed by atoms with Gasteiger partial charge in [0.1, 0.15) is 17.5 Å². The number of ether oxygens (including phenoxy) is 1. The van der Waals surface area contributed by atoms with Gasteiger partial charge in [-0.15, -0.1) is 0 Å². The van der Waals surface area contributed by atoms with Crippen LogP contribution in [-0.2, 0) is 6.42 Å². The maximum Gasteiger partial charge on any atom is 0.387 e. The number of hydrogen-bond donors (Lipinski definition) is 0. The Hall–Kier alpha value is -3.84. The van der Waals surface area contributed by atoms with Crippen LogP contribution < -0.4 is 4.74 Å². The number of aryl methyl sites for hydroxylation is 1. The lowest BCUT2D eigenvalue weighted by molar-refractivity contribution is -0.0521. The molecule has 0 saturated carbocycles. The smallest absolute Gasteiger partial charge is 0.387 e. The predicted molar refractivity (Wildman–Crippen MR) is 112 cm³/mol. The Morgan fingerprint density at radius 1 is 0.727 bits per heavy atom. The van der Waals surface area contributed by atoms with Gasteiger partial charge in [0.05, 0.1) is 11.1 Å². The Labute approximate surface area is 187 Å². The average molecular weight is 458 g/mol. The third-order valence-corrected chi connectivity index (χ3v) is 4.43. The number of rotatable bonds is 4. The van der Waals surface area contributed by atoms with Crippen LogP contribution in [0.25, 0.3) is 0 Å². The van der Waals surface area contributed by atoms with Crippen molar-refractivity contribution in [2.24, 2.45) is 0 Å². The molecular formula is C26H16F6O. The highest BCUT2D eigenvalue weighted by molar-refractivity contribution is 5.50. The third-order valence-electron chi connectivity index (χ3n) is 4.43. The average Bonchev–Trinajstić information content (AvgIpc) is 2.74. The Morgan fingerprint density at radius 2 is 1.33 bits per heavy atom. The van der Waals surface area contributed by atoms with Crippen molar-refractivity contribution in [1.82, 2.24) is 0 Å². The van der Waals surface area contributed by atoms with Crippen molar-refractivity contribution in [3.63, 3.8) is 0 Å². The van der Waals surface area contributed by atoms with Gasteiger partial charge in [-0.2, -0.15) is 8.78 Å². The van der Waals surface area contributed by atoms with Gasteiger partial charge in [0.15, 0.2) is 11.6 Å². The second-order valence-corrected chi connectivity index (χ2v) is 6.90. The van der Waals surface area contributed by atoms with Gasteiger partial charge in [-0.25, -0.2) is 17.6 Å². The Balaban J connectivity index is 1.80. The second kappa shape index (κ2) is 10.7. The van der Waals surface area contributed by atoms with Gasteiger partial charge in [0.2, 0.25) is 0 Å². The van der Waals surface area contributed by atoms with E-state index >= 15 is 0 Å². The molecule has 0 aliphatic heterocycles. The lowest BCUT2D eigenvalue weighted by Gasteiger charge is -2.05. The summed E-state index contributed by atoms with van der Waals surface area (Å²) in [5, 5.41) is 0. The van der Waals surface area contributed by atoms with Gasteiger partial charge in [0.25, 0.3) is 0 Å². The van der Waals surface area contributed by atoms with E-state index in [0.29, 0.717) is 12.0 Å². The molecule has 0 heterocycles. The zero-order valence-corrected chi connectivity index (χ0v) is 17.3. The molecular weight excluding hydrogens is 442 g/mol. The van der Waals surface area contributed by atoms with E-state index in [0.717, 1.165) is 24.6 Å². The van der Waals surface area contributed by atoms with Crippen molar-refractivity contribution in [3.8, 4) is 29.4 Å². The van der Waals surface area contributed by atoms with Crippen LogP contribution >= 0.6 is 0 Å². The molecule has 3 aromatic carbocycles. The van der Waals surface area contributed by atoms with Gasteiger partial charge >= 0.3 is 6.61 Å². The van der Waals surface area contributed by atoms with Crippen LogP contribution in [0.4, 0.5) is 26.3 Å². The van der Waals surface area contributed by atoms with Crippen LogP contribution in [0.1, 0.15) is 41.2 Å². The van der Waals surface area contributed by atoms with Gasteiger partial charge < -0.3 is 4.74 Å². The summed E-state index contributed by atoms with van der Waals surface area (Å²) in [5.41, 5.74) is 0.391. The van der Waals surface area contributed by atoms with Gasteiger partial charge in [-0.1, -0.05) is 37.0 Å². The molecule has 0 amide bonds. The first-order chi connectivity index (χ1) is 15.8. The molecule has 0 unspecified atom stereocenters. The number of halogens is 6. The third kappa shape index (κ3) is 6.33. The van der Waals surface area contributed by atoms with Crippen LogP contribution in [0.2, 0.25) is 0 Å². The second-order valence-electron chi connectivity index (χ2n) is 6.90. The first kappa shape index (κ1) is 23.8. The summed E-state index contributed by atoms with van der Waals surface area (Å²) < 4.78 is 84.8. The van der Waals surface area contributed by atoms with Crippen LogP contribution in [0, 0.1) is 47.0 Å². The van der Waals surface area contributed by atoms with Crippen molar-refractivity contribution >= 4 is 0 Å². The summed E-state index contributed by atoms with van der Waals surface area (Å²) in [4.78, 5) is 0. The van der Waals surface area contributed by atoms with Crippen LogP contribution in [0.15, 0.2) is 48.5 Å². The van der Waals surface area contributed by atoms with E-state index in [1.165, 1.54) is 30.3 Å². The Morgan fingerprint density at radius 3 is 1.91 bits per heavy atom. The molecule has 0 aliphatic rings. The highest BCUT2D eigenvalue weighted by Gasteiger charge is 2.10. The molecule has 3 rings (SSSR count).